The highest BCUT2D eigenvalue weighted by Gasteiger charge is 2.53. The Morgan fingerprint density at radius 3 is 1.92 bits per heavy atom. The molecular formula is C19H28BNO2Si. The van der Waals surface area contributed by atoms with Crippen molar-refractivity contribution in [1.29, 1.82) is 0 Å². The summed E-state index contributed by atoms with van der Waals surface area (Å²) in [7, 11) is -1.94. The minimum absolute atomic E-state index is 0.311. The minimum Gasteiger partial charge on any atom is -0.384 e. The summed E-state index contributed by atoms with van der Waals surface area (Å²) in [5.74, 6) is 0. The molecule has 2 heterocycles. The second-order valence-corrected chi connectivity index (χ2v) is 13.0. The zero-order valence-electron chi connectivity index (χ0n) is 15.6. The molecule has 0 bridgehead atoms. The molecule has 1 fully saturated rings. The zero-order valence-corrected chi connectivity index (χ0v) is 16.6. The molecule has 24 heavy (non-hydrogen) atoms. The quantitative estimate of drug-likeness (QED) is 0.778. The summed E-state index contributed by atoms with van der Waals surface area (Å²) >= 11 is 0. The third-order valence-corrected chi connectivity index (χ3v) is 9.64. The molecule has 0 atom stereocenters. The van der Waals surface area contributed by atoms with Gasteiger partial charge in [0.05, 0.1) is 19.3 Å². The lowest BCUT2D eigenvalue weighted by atomic mass is 9.90. The Hall–Kier alpha value is -1.30. The van der Waals surface area contributed by atoms with E-state index in [9.17, 15) is 0 Å². The van der Waals surface area contributed by atoms with Crippen LogP contribution in [0.5, 0.6) is 0 Å². The number of allylic oxidation sites excluding steroid dienone is 2. The van der Waals surface area contributed by atoms with Crippen molar-refractivity contribution in [1.82, 2.24) is 4.81 Å². The van der Waals surface area contributed by atoms with Gasteiger partial charge in [0.25, 0.3) is 0 Å². The summed E-state index contributed by atoms with van der Waals surface area (Å²) in [5, 5.41) is 1.48. The van der Waals surface area contributed by atoms with Gasteiger partial charge < -0.3 is 14.1 Å². The summed E-state index contributed by atoms with van der Waals surface area (Å²) < 4.78 is 12.2. The molecule has 0 aromatic heterocycles. The van der Waals surface area contributed by atoms with E-state index in [4.69, 9.17) is 9.31 Å². The van der Waals surface area contributed by atoms with E-state index >= 15 is 0 Å². The van der Waals surface area contributed by atoms with Gasteiger partial charge in [0, 0.05) is 0 Å². The molecule has 2 aliphatic heterocycles. The monoisotopic (exact) mass is 341 g/mol. The van der Waals surface area contributed by atoms with Crippen molar-refractivity contribution in [3.8, 4) is 0 Å². The van der Waals surface area contributed by atoms with E-state index in [2.05, 4.69) is 95.7 Å². The normalized spacial score (nSPS) is 23.1. The number of nitrogens with zero attached hydrogens (tertiary/aromatic N) is 1. The summed E-state index contributed by atoms with van der Waals surface area (Å²) in [6, 6.07) is 10.9. The van der Waals surface area contributed by atoms with Crippen molar-refractivity contribution in [2.24, 2.45) is 0 Å². The van der Waals surface area contributed by atoms with Crippen LogP contribution in [0, 0.1) is 0 Å². The largest absolute Gasteiger partial charge is 0.598 e. The average Bonchev–Trinajstić information content (AvgIpc) is 2.76. The summed E-state index contributed by atoms with van der Waals surface area (Å²) in [6.07, 6.45) is 8.82. The molecule has 0 amide bonds. The van der Waals surface area contributed by atoms with E-state index in [1.54, 1.807) is 0 Å². The predicted molar refractivity (Wildman–Crippen MR) is 104 cm³/mol. The first kappa shape index (κ1) is 17.5. The van der Waals surface area contributed by atoms with Gasteiger partial charge in [0.2, 0.25) is 0 Å². The maximum atomic E-state index is 6.12. The number of benzene rings is 1. The highest BCUT2D eigenvalue weighted by molar-refractivity contribution is 6.91. The fourth-order valence-electron chi connectivity index (χ4n) is 3.11. The first-order valence-electron chi connectivity index (χ1n) is 8.69. The van der Waals surface area contributed by atoms with Crippen LogP contribution >= 0.6 is 0 Å². The van der Waals surface area contributed by atoms with Crippen LogP contribution in [0.2, 0.25) is 18.6 Å². The Bertz CT molecular complexity index is 625. The third kappa shape index (κ3) is 3.01. The molecule has 0 radical (unpaired) electrons. The van der Waals surface area contributed by atoms with Crippen molar-refractivity contribution in [2.75, 3.05) is 0 Å². The Morgan fingerprint density at radius 2 is 1.42 bits per heavy atom. The van der Waals surface area contributed by atoms with Crippen molar-refractivity contribution >= 4 is 20.5 Å². The fraction of sp³-hybridized carbons (Fsp3) is 0.474. The number of rotatable bonds is 3. The standard InChI is InChI=1S/C19H28BNO2Si/c1-18(2)19(3,4)23-20(22-18)21-14-12-17(13-15-21)24(5,6)16-10-8-7-9-11-16/h7-15,17H,1-6H3. The lowest BCUT2D eigenvalue weighted by molar-refractivity contribution is 0.00578. The van der Waals surface area contributed by atoms with Crippen molar-refractivity contribution in [3.63, 3.8) is 0 Å². The molecule has 0 aliphatic carbocycles. The summed E-state index contributed by atoms with van der Waals surface area (Å²) in [4.78, 5) is 2.03. The van der Waals surface area contributed by atoms with Gasteiger partial charge in [-0.1, -0.05) is 60.8 Å². The van der Waals surface area contributed by atoms with Crippen LogP contribution in [-0.4, -0.2) is 31.3 Å². The second-order valence-electron chi connectivity index (χ2n) is 8.31. The lowest BCUT2D eigenvalue weighted by Crippen LogP contribution is -2.46. The van der Waals surface area contributed by atoms with Gasteiger partial charge in [0.1, 0.15) is 0 Å². The molecule has 2 aliphatic rings. The van der Waals surface area contributed by atoms with Crippen LogP contribution in [0.15, 0.2) is 54.9 Å². The molecule has 3 rings (SSSR count). The number of hydrogen-bond acceptors (Lipinski definition) is 3. The van der Waals surface area contributed by atoms with E-state index in [0.29, 0.717) is 5.54 Å². The van der Waals surface area contributed by atoms with Crippen molar-refractivity contribution in [2.45, 2.75) is 57.5 Å². The zero-order chi connectivity index (χ0) is 17.6. The molecule has 128 valence electrons. The molecule has 1 aromatic rings. The van der Waals surface area contributed by atoms with Gasteiger partial charge in [0.15, 0.2) is 0 Å². The van der Waals surface area contributed by atoms with Crippen LogP contribution in [0.4, 0.5) is 0 Å². The molecular weight excluding hydrogens is 313 g/mol. The van der Waals surface area contributed by atoms with Crippen LogP contribution < -0.4 is 5.19 Å². The van der Waals surface area contributed by atoms with Gasteiger partial charge in [-0.05, 0) is 45.6 Å². The van der Waals surface area contributed by atoms with E-state index in [0.717, 1.165) is 0 Å². The minimum atomic E-state index is -1.59. The molecule has 3 nitrogen and oxygen atoms in total. The predicted octanol–water partition coefficient (Wildman–Crippen LogP) is 3.90. The van der Waals surface area contributed by atoms with E-state index < -0.39 is 8.07 Å². The van der Waals surface area contributed by atoms with Crippen LogP contribution in [0.1, 0.15) is 27.7 Å². The SMILES string of the molecule is CC1(C)OB(N2C=CC([Si](C)(C)c3ccccc3)C=C2)OC1(C)C. The van der Waals surface area contributed by atoms with Crippen LogP contribution in [-0.2, 0) is 9.31 Å². The molecule has 1 aromatic carbocycles. The molecule has 5 heteroatoms. The van der Waals surface area contributed by atoms with Crippen molar-refractivity contribution in [3.05, 3.63) is 54.9 Å². The molecule has 0 spiro atoms. The van der Waals surface area contributed by atoms with Gasteiger partial charge in [-0.15, -0.1) is 0 Å². The smallest absolute Gasteiger partial charge is 0.384 e. The Balaban J connectivity index is 1.73. The van der Waals surface area contributed by atoms with Crippen LogP contribution in [0.25, 0.3) is 0 Å². The van der Waals surface area contributed by atoms with Crippen molar-refractivity contribution < 1.29 is 9.31 Å². The van der Waals surface area contributed by atoms with Gasteiger partial charge in [-0.25, -0.2) is 0 Å². The Labute approximate surface area is 147 Å². The first-order valence-corrected chi connectivity index (χ1v) is 11.8. The number of hydrogen-bond donors (Lipinski definition) is 0. The summed E-state index contributed by atoms with van der Waals surface area (Å²) in [5.41, 5.74) is -0.152. The maximum Gasteiger partial charge on any atom is 0.598 e. The second kappa shape index (κ2) is 5.90. The molecule has 0 unspecified atom stereocenters. The highest BCUT2D eigenvalue weighted by atomic mass is 28.3. The Morgan fingerprint density at radius 1 is 0.917 bits per heavy atom. The van der Waals surface area contributed by atoms with Gasteiger partial charge in [-0.3, -0.25) is 0 Å². The van der Waals surface area contributed by atoms with Gasteiger partial charge >= 0.3 is 7.25 Å². The average molecular weight is 341 g/mol. The molecule has 0 saturated carbocycles. The molecule has 1 saturated heterocycles. The van der Waals surface area contributed by atoms with E-state index in [-0.39, 0.29) is 18.5 Å². The van der Waals surface area contributed by atoms with Crippen LogP contribution in [0.3, 0.4) is 0 Å². The maximum absolute atomic E-state index is 6.12. The first-order chi connectivity index (χ1) is 11.1. The van der Waals surface area contributed by atoms with Gasteiger partial charge in [-0.2, -0.15) is 0 Å². The summed E-state index contributed by atoms with van der Waals surface area (Å²) in [6.45, 7) is 13.2. The topological polar surface area (TPSA) is 21.7 Å². The fourth-order valence-corrected chi connectivity index (χ4v) is 5.68. The molecule has 0 N–H and O–H groups in total. The lowest BCUT2D eigenvalue weighted by Gasteiger charge is -2.32. The van der Waals surface area contributed by atoms with E-state index in [1.165, 1.54) is 5.19 Å². The third-order valence-electron chi connectivity index (χ3n) is 5.77. The Kier molecular flexibility index (Phi) is 4.31. The van der Waals surface area contributed by atoms with E-state index in [1.807, 2.05) is 4.81 Å². The highest BCUT2D eigenvalue weighted by Crippen LogP contribution is 2.38.